The summed E-state index contributed by atoms with van der Waals surface area (Å²) in [5.41, 5.74) is -1.39. The Labute approximate surface area is 365 Å². The van der Waals surface area contributed by atoms with E-state index in [-0.39, 0.29) is 34.6 Å². The lowest BCUT2D eigenvalue weighted by molar-refractivity contribution is -0.385. The Hall–Kier alpha value is -6.31. The van der Waals surface area contributed by atoms with Crippen LogP contribution in [0.15, 0.2) is 30.3 Å². The summed E-state index contributed by atoms with van der Waals surface area (Å²) in [7, 11) is 2.58. The number of fused-ring (bicyclic) bond motifs is 5. The molecule has 0 aliphatic carbocycles. The van der Waals surface area contributed by atoms with Crippen molar-refractivity contribution in [2.24, 2.45) is 5.92 Å². The number of aliphatic hydroxyl groups excluding tert-OH is 1. The molecule has 2 aromatic rings. The zero-order valence-electron chi connectivity index (χ0n) is 36.6. The Kier molecular flexibility index (Phi) is 19.3. The number of nitrogens with one attached hydrogen (secondary N) is 4. The predicted molar refractivity (Wildman–Crippen MR) is 229 cm³/mol. The third-order valence-corrected chi connectivity index (χ3v) is 11.0. The summed E-state index contributed by atoms with van der Waals surface area (Å²) in [4.78, 5) is 105. The van der Waals surface area contributed by atoms with Crippen LogP contribution < -0.4 is 21.3 Å². The lowest BCUT2D eigenvalue weighted by Crippen LogP contribution is -2.55. The zero-order chi connectivity index (χ0) is 47.1. The van der Waals surface area contributed by atoms with Gasteiger partial charge in [0, 0.05) is 44.1 Å². The minimum atomic E-state index is -1.65. The molecule has 1 heterocycles. The number of phenolic OH excluding ortho intramolecular Hbond substituents is 2. The van der Waals surface area contributed by atoms with Crippen molar-refractivity contribution in [3.8, 4) is 22.6 Å². The van der Waals surface area contributed by atoms with Crippen LogP contribution in [0.1, 0.15) is 103 Å². The molecule has 3 rings (SSSR count). The van der Waals surface area contributed by atoms with E-state index in [1.54, 1.807) is 0 Å². The van der Waals surface area contributed by atoms with Gasteiger partial charge in [-0.15, -0.1) is 0 Å². The van der Waals surface area contributed by atoms with E-state index < -0.39 is 107 Å². The highest BCUT2D eigenvalue weighted by Gasteiger charge is 2.35. The Morgan fingerprint density at radius 3 is 2.11 bits per heavy atom. The number of carbonyl (C=O) groups excluding carboxylic acids is 6. The number of nitro groups is 1. The molecule has 5 unspecified atom stereocenters. The number of aromatic hydroxyl groups is 2. The average molecular weight is 884 g/mol. The van der Waals surface area contributed by atoms with Gasteiger partial charge in [0.15, 0.2) is 0 Å². The third-order valence-electron chi connectivity index (χ3n) is 11.0. The van der Waals surface area contributed by atoms with Gasteiger partial charge in [0.1, 0.15) is 36.0 Å². The van der Waals surface area contributed by atoms with E-state index in [0.29, 0.717) is 12.3 Å². The number of carboxylic acid groups (broad SMARTS) is 1. The van der Waals surface area contributed by atoms with Crippen LogP contribution in [0.3, 0.4) is 0 Å². The second kappa shape index (κ2) is 23.8. The van der Waals surface area contributed by atoms with Gasteiger partial charge in [-0.2, -0.15) is 0 Å². The van der Waals surface area contributed by atoms with Gasteiger partial charge >= 0.3 is 11.7 Å². The standard InChI is InChI=1S/C43H61N7O13/c1-24(2)14-12-10-8-7-9-11-13-15-35(53)48(5)33(23-51)41(58)45-25(3)39(56)44-22-36(54)49(6)37-28-16-17-34(52)29(21-28)30-18-27(20-32(38(30)55)50(62)63)19-31(43(60)61)47-40(57)26(4)46-42(37)59/h16-18,20-21,24-26,31,33,37,51-52,55H,7-15,19,22-23H2,1-6H3,(H,44,56)(H,45,58)(H,46,59)(H,47,57)(H,60,61). The number of benzene rings is 2. The van der Waals surface area contributed by atoms with Crippen molar-refractivity contribution in [2.45, 2.75) is 122 Å². The molecule has 1 aliphatic heterocycles. The van der Waals surface area contributed by atoms with Crippen molar-refractivity contribution in [3.63, 3.8) is 0 Å². The number of nitrogens with zero attached hydrogens (tertiary/aromatic N) is 3. The highest BCUT2D eigenvalue weighted by Crippen LogP contribution is 2.43. The topological polar surface area (TPSA) is 298 Å². The molecule has 0 aromatic heterocycles. The van der Waals surface area contributed by atoms with E-state index >= 15 is 0 Å². The first-order valence-electron chi connectivity index (χ1n) is 21.1. The number of nitro benzene ring substituents is 1. The number of likely N-dealkylation sites (N-methyl/N-ethyl adjacent to an activating group) is 2. The quantitative estimate of drug-likeness (QED) is 0.0539. The molecule has 20 heteroatoms. The first-order chi connectivity index (χ1) is 29.7. The van der Waals surface area contributed by atoms with E-state index in [9.17, 15) is 64.1 Å². The smallest absolute Gasteiger partial charge is 0.326 e. The van der Waals surface area contributed by atoms with Gasteiger partial charge in [0.25, 0.3) is 0 Å². The summed E-state index contributed by atoms with van der Waals surface area (Å²) in [5, 5.41) is 63.2. The third kappa shape index (κ3) is 14.4. The molecule has 20 nitrogen and oxygen atoms in total. The fourth-order valence-corrected chi connectivity index (χ4v) is 7.12. The van der Waals surface area contributed by atoms with E-state index in [2.05, 4.69) is 35.1 Å². The molecule has 0 fully saturated rings. The van der Waals surface area contributed by atoms with Crippen molar-refractivity contribution < 1.29 is 58.9 Å². The molecule has 1 aliphatic rings. The molecule has 0 radical (unpaired) electrons. The van der Waals surface area contributed by atoms with Gasteiger partial charge < -0.3 is 51.5 Å². The van der Waals surface area contributed by atoms with Crippen LogP contribution >= 0.6 is 0 Å². The molecule has 63 heavy (non-hydrogen) atoms. The van der Waals surface area contributed by atoms with Gasteiger partial charge in [0.2, 0.25) is 41.2 Å². The van der Waals surface area contributed by atoms with Crippen LogP contribution in [-0.4, -0.2) is 128 Å². The second-order valence-electron chi connectivity index (χ2n) is 16.3. The Bertz CT molecular complexity index is 2010. The molecule has 8 N–H and O–H groups in total. The largest absolute Gasteiger partial charge is 0.507 e. The molecular formula is C43H61N7O13. The van der Waals surface area contributed by atoms with Crippen molar-refractivity contribution in [2.75, 3.05) is 27.2 Å². The molecule has 5 atom stereocenters. The van der Waals surface area contributed by atoms with Gasteiger partial charge in [-0.3, -0.25) is 38.9 Å². The minimum absolute atomic E-state index is 0.00251. The minimum Gasteiger partial charge on any atom is -0.507 e. The number of carboxylic acids is 1. The summed E-state index contributed by atoms with van der Waals surface area (Å²) >= 11 is 0. The molecule has 0 spiro atoms. The van der Waals surface area contributed by atoms with Gasteiger partial charge in [-0.05, 0) is 55.5 Å². The molecule has 6 amide bonds. The monoisotopic (exact) mass is 883 g/mol. The van der Waals surface area contributed by atoms with Crippen molar-refractivity contribution in [3.05, 3.63) is 51.6 Å². The summed E-state index contributed by atoms with van der Waals surface area (Å²) in [6.45, 7) is 5.54. The fraction of sp³-hybridized carbons (Fsp3) is 0.558. The summed E-state index contributed by atoms with van der Waals surface area (Å²) in [5.74, 6) is -7.00. The van der Waals surface area contributed by atoms with Crippen LogP contribution in [0.5, 0.6) is 11.5 Å². The summed E-state index contributed by atoms with van der Waals surface area (Å²) < 4.78 is 0. The van der Waals surface area contributed by atoms with Gasteiger partial charge in [-0.25, -0.2) is 4.79 Å². The van der Waals surface area contributed by atoms with Crippen molar-refractivity contribution in [1.29, 1.82) is 0 Å². The fourth-order valence-electron chi connectivity index (χ4n) is 7.12. The molecule has 0 saturated carbocycles. The van der Waals surface area contributed by atoms with Crippen LogP contribution in [-0.2, 0) is 40.0 Å². The van der Waals surface area contributed by atoms with E-state index in [1.807, 2.05) is 0 Å². The van der Waals surface area contributed by atoms with Crippen molar-refractivity contribution in [1.82, 2.24) is 31.1 Å². The molecule has 4 bridgehead atoms. The first-order valence-corrected chi connectivity index (χ1v) is 21.1. The number of amides is 6. The number of aliphatic carboxylic acids is 1. The van der Waals surface area contributed by atoms with Crippen LogP contribution in [0, 0.1) is 16.0 Å². The van der Waals surface area contributed by atoms with Gasteiger partial charge in [-0.1, -0.05) is 64.9 Å². The van der Waals surface area contributed by atoms with Crippen molar-refractivity contribution >= 4 is 47.1 Å². The van der Waals surface area contributed by atoms with Crippen LogP contribution in [0.4, 0.5) is 5.69 Å². The van der Waals surface area contributed by atoms with Crippen LogP contribution in [0.2, 0.25) is 0 Å². The number of unbranched alkanes of at least 4 members (excludes halogenated alkanes) is 6. The Balaban J connectivity index is 1.74. The second-order valence-corrected chi connectivity index (χ2v) is 16.3. The Morgan fingerprint density at radius 2 is 1.51 bits per heavy atom. The highest BCUT2D eigenvalue weighted by atomic mass is 16.6. The van der Waals surface area contributed by atoms with E-state index in [0.717, 1.165) is 47.6 Å². The lowest BCUT2D eigenvalue weighted by atomic mass is 9.93. The molecular weight excluding hydrogens is 823 g/mol. The number of rotatable bonds is 20. The summed E-state index contributed by atoms with van der Waals surface area (Å²) in [6, 6.07) is -1.52. The average Bonchev–Trinajstić information content (AvgIpc) is 3.22. The SMILES string of the molecule is CC(C)CCCCCCCCCC(=O)N(C)C(CO)C(=O)NC(C)C(=O)NCC(=O)N(C)C1C(=O)NC(C)C(=O)NC(C(=O)O)Cc2cc(c(O)c([N+](=O)[O-])c2)-c2cc1ccc2O. The lowest BCUT2D eigenvalue weighted by Gasteiger charge is -2.30. The highest BCUT2D eigenvalue weighted by molar-refractivity contribution is 5.96. The number of phenols is 2. The number of aliphatic hydroxyl groups is 1. The number of hydrogen-bond acceptors (Lipinski definition) is 12. The Morgan fingerprint density at radius 1 is 0.873 bits per heavy atom. The van der Waals surface area contributed by atoms with Gasteiger partial charge in [0.05, 0.1) is 18.1 Å². The zero-order valence-corrected chi connectivity index (χ0v) is 36.6. The summed E-state index contributed by atoms with van der Waals surface area (Å²) in [6.07, 6.45) is 7.98. The van der Waals surface area contributed by atoms with E-state index in [1.165, 1.54) is 65.4 Å². The molecule has 0 saturated heterocycles. The normalized spacial score (nSPS) is 17.3. The molecule has 346 valence electrons. The maximum atomic E-state index is 13.9. The number of carbonyl (C=O) groups is 7. The maximum absolute atomic E-state index is 13.9. The van der Waals surface area contributed by atoms with Crippen LogP contribution in [0.25, 0.3) is 11.1 Å². The van der Waals surface area contributed by atoms with E-state index in [4.69, 9.17) is 0 Å². The first kappa shape index (κ1) is 51.0. The predicted octanol–water partition coefficient (Wildman–Crippen LogP) is 2.41. The maximum Gasteiger partial charge on any atom is 0.326 e. The molecule has 2 aromatic carbocycles. The number of hydrogen-bond donors (Lipinski definition) is 8.